The van der Waals surface area contributed by atoms with Crippen LogP contribution in [0, 0.1) is 0 Å². The number of aromatic nitrogens is 4. The van der Waals surface area contributed by atoms with Gasteiger partial charge in [0.1, 0.15) is 5.52 Å². The summed E-state index contributed by atoms with van der Waals surface area (Å²) in [6, 6.07) is 19.1. The first kappa shape index (κ1) is 14.1. The van der Waals surface area contributed by atoms with Crippen LogP contribution in [0.4, 0.5) is 0 Å². The molecule has 0 atom stereocenters. The van der Waals surface area contributed by atoms with Gasteiger partial charge in [0.05, 0.1) is 5.69 Å². The molecule has 0 bridgehead atoms. The Morgan fingerprint density at radius 2 is 1.68 bits per heavy atom. The first-order valence-corrected chi connectivity index (χ1v) is 8.44. The third-order valence-electron chi connectivity index (χ3n) is 4.72. The van der Waals surface area contributed by atoms with Gasteiger partial charge in [0, 0.05) is 46.3 Å². The number of nitrogens with zero attached hydrogens (tertiary/aromatic N) is 4. The van der Waals surface area contributed by atoms with Crippen LogP contribution in [0.2, 0.25) is 0 Å². The minimum atomic E-state index is 0.677. The second kappa shape index (κ2) is 5.38. The lowest BCUT2D eigenvalue weighted by Crippen LogP contribution is -1.94. The van der Waals surface area contributed by atoms with Crippen molar-refractivity contribution in [3.63, 3.8) is 0 Å². The van der Waals surface area contributed by atoms with E-state index in [1.165, 1.54) is 21.8 Å². The highest BCUT2D eigenvalue weighted by atomic mass is 15.0. The molecule has 5 rings (SSSR count). The Balaban J connectivity index is 1.77. The number of hydrogen-bond acceptors (Lipinski definition) is 3. The summed E-state index contributed by atoms with van der Waals surface area (Å²) in [6.45, 7) is 3.12. The monoisotopic (exact) mass is 324 g/mol. The van der Waals surface area contributed by atoms with E-state index >= 15 is 0 Å². The van der Waals surface area contributed by atoms with E-state index in [-0.39, 0.29) is 0 Å². The van der Waals surface area contributed by atoms with Crippen LogP contribution < -0.4 is 0 Å². The van der Waals surface area contributed by atoms with Crippen LogP contribution in [0.1, 0.15) is 6.92 Å². The maximum absolute atomic E-state index is 4.68. The van der Waals surface area contributed by atoms with Crippen LogP contribution >= 0.6 is 0 Å². The van der Waals surface area contributed by atoms with Gasteiger partial charge in [-0.25, -0.2) is 9.97 Å². The summed E-state index contributed by atoms with van der Waals surface area (Å²) >= 11 is 0. The molecule has 4 heteroatoms. The summed E-state index contributed by atoms with van der Waals surface area (Å²) in [5, 5.41) is 2.57. The second-order valence-electron chi connectivity index (χ2n) is 6.09. The molecule has 3 aromatic heterocycles. The van der Waals surface area contributed by atoms with Gasteiger partial charge in [-0.05, 0) is 31.2 Å². The molecule has 120 valence electrons. The Kier molecular flexibility index (Phi) is 3.04. The fourth-order valence-corrected chi connectivity index (χ4v) is 3.56. The fourth-order valence-electron chi connectivity index (χ4n) is 3.56. The Morgan fingerprint density at radius 3 is 2.60 bits per heavy atom. The smallest absolute Gasteiger partial charge is 0.178 e. The van der Waals surface area contributed by atoms with Crippen molar-refractivity contribution < 1.29 is 0 Å². The average molecular weight is 324 g/mol. The standard InChI is InChI=1S/C21H16N4/c1-2-25-19-6-4-3-5-15(19)16-8-7-14(13-20(16)25)17-9-10-18-21(24-17)23-12-11-22-18/h3-13H,2H2,1H3. The SMILES string of the molecule is CCn1c2ccccc2c2ccc(-c3ccc4nccnc4n3)cc21. The average Bonchev–Trinajstić information content (AvgIpc) is 3.00. The molecular weight excluding hydrogens is 308 g/mol. The molecule has 3 heterocycles. The first-order chi connectivity index (χ1) is 12.3. The van der Waals surface area contributed by atoms with Gasteiger partial charge in [0.2, 0.25) is 0 Å². The third kappa shape index (κ3) is 2.11. The lowest BCUT2D eigenvalue weighted by Gasteiger charge is -2.06. The molecule has 2 aromatic carbocycles. The summed E-state index contributed by atoms with van der Waals surface area (Å²) in [7, 11) is 0. The summed E-state index contributed by atoms with van der Waals surface area (Å²) in [6.07, 6.45) is 3.37. The Bertz CT molecular complexity index is 1240. The molecule has 0 N–H and O–H groups in total. The minimum Gasteiger partial charge on any atom is -0.341 e. The summed E-state index contributed by atoms with van der Waals surface area (Å²) in [5.74, 6) is 0. The third-order valence-corrected chi connectivity index (χ3v) is 4.72. The molecule has 25 heavy (non-hydrogen) atoms. The van der Waals surface area contributed by atoms with Crippen molar-refractivity contribution in [3.05, 3.63) is 67.0 Å². The maximum Gasteiger partial charge on any atom is 0.178 e. The highest BCUT2D eigenvalue weighted by Gasteiger charge is 2.11. The number of rotatable bonds is 2. The molecule has 4 nitrogen and oxygen atoms in total. The van der Waals surface area contributed by atoms with E-state index in [4.69, 9.17) is 0 Å². The molecule has 0 fully saturated rings. The molecule has 0 saturated carbocycles. The van der Waals surface area contributed by atoms with Crippen molar-refractivity contribution in [2.24, 2.45) is 0 Å². The fraction of sp³-hybridized carbons (Fsp3) is 0.0952. The van der Waals surface area contributed by atoms with Crippen molar-refractivity contribution in [2.75, 3.05) is 0 Å². The van der Waals surface area contributed by atoms with Crippen LogP contribution in [0.25, 0.3) is 44.2 Å². The number of benzene rings is 2. The molecule has 0 saturated heterocycles. The van der Waals surface area contributed by atoms with Crippen molar-refractivity contribution >= 4 is 33.0 Å². The largest absolute Gasteiger partial charge is 0.341 e. The van der Waals surface area contributed by atoms with Gasteiger partial charge in [-0.1, -0.05) is 30.3 Å². The van der Waals surface area contributed by atoms with E-state index in [9.17, 15) is 0 Å². The number of aryl methyl sites for hydroxylation is 1. The Labute approximate surface area is 144 Å². The quantitative estimate of drug-likeness (QED) is 0.467. The number of pyridine rings is 1. The normalized spacial score (nSPS) is 11.6. The molecule has 5 aromatic rings. The first-order valence-electron chi connectivity index (χ1n) is 8.44. The summed E-state index contributed by atoms with van der Waals surface area (Å²) < 4.78 is 2.36. The number of hydrogen-bond donors (Lipinski definition) is 0. The van der Waals surface area contributed by atoms with E-state index in [1.54, 1.807) is 12.4 Å². The zero-order valence-corrected chi connectivity index (χ0v) is 13.8. The van der Waals surface area contributed by atoms with E-state index < -0.39 is 0 Å². The van der Waals surface area contributed by atoms with Crippen LogP contribution in [0.3, 0.4) is 0 Å². The molecule has 0 radical (unpaired) electrons. The van der Waals surface area contributed by atoms with Crippen molar-refractivity contribution in [1.82, 2.24) is 19.5 Å². The van der Waals surface area contributed by atoms with Crippen LogP contribution in [0.5, 0.6) is 0 Å². The van der Waals surface area contributed by atoms with Gasteiger partial charge in [0.25, 0.3) is 0 Å². The second-order valence-corrected chi connectivity index (χ2v) is 6.09. The van der Waals surface area contributed by atoms with E-state index in [2.05, 4.69) is 68.9 Å². The molecular formula is C21H16N4. The lowest BCUT2D eigenvalue weighted by atomic mass is 10.1. The number of para-hydroxylation sites is 1. The minimum absolute atomic E-state index is 0.677. The van der Waals surface area contributed by atoms with Crippen LogP contribution in [-0.2, 0) is 6.54 Å². The van der Waals surface area contributed by atoms with Crippen molar-refractivity contribution in [3.8, 4) is 11.3 Å². The highest BCUT2D eigenvalue weighted by molar-refractivity contribution is 6.09. The maximum atomic E-state index is 4.68. The van der Waals surface area contributed by atoms with Gasteiger partial charge in [-0.15, -0.1) is 0 Å². The van der Waals surface area contributed by atoms with E-state index in [0.29, 0.717) is 5.65 Å². The van der Waals surface area contributed by atoms with E-state index in [1.807, 2.05) is 12.1 Å². The Morgan fingerprint density at radius 1 is 0.840 bits per heavy atom. The van der Waals surface area contributed by atoms with Gasteiger partial charge in [0.15, 0.2) is 5.65 Å². The molecule has 0 amide bonds. The molecule has 0 aliphatic rings. The van der Waals surface area contributed by atoms with Crippen molar-refractivity contribution in [1.29, 1.82) is 0 Å². The summed E-state index contributed by atoms with van der Waals surface area (Å²) in [4.78, 5) is 13.3. The van der Waals surface area contributed by atoms with Gasteiger partial charge in [-0.2, -0.15) is 0 Å². The number of fused-ring (bicyclic) bond motifs is 4. The van der Waals surface area contributed by atoms with Gasteiger partial charge in [-0.3, -0.25) is 4.98 Å². The van der Waals surface area contributed by atoms with E-state index in [0.717, 1.165) is 23.3 Å². The zero-order chi connectivity index (χ0) is 16.8. The van der Waals surface area contributed by atoms with Crippen molar-refractivity contribution in [2.45, 2.75) is 13.5 Å². The zero-order valence-electron chi connectivity index (χ0n) is 13.8. The van der Waals surface area contributed by atoms with Gasteiger partial charge >= 0.3 is 0 Å². The predicted octanol–water partition coefficient (Wildman–Crippen LogP) is 4.82. The molecule has 0 aliphatic carbocycles. The summed E-state index contributed by atoms with van der Waals surface area (Å²) in [5.41, 5.74) is 6.02. The van der Waals surface area contributed by atoms with Crippen LogP contribution in [-0.4, -0.2) is 19.5 Å². The molecule has 0 spiro atoms. The lowest BCUT2D eigenvalue weighted by molar-refractivity contribution is 0.827. The highest BCUT2D eigenvalue weighted by Crippen LogP contribution is 2.32. The van der Waals surface area contributed by atoms with Gasteiger partial charge < -0.3 is 4.57 Å². The molecule has 0 unspecified atom stereocenters. The Hall–Kier alpha value is -3.27. The predicted molar refractivity (Wildman–Crippen MR) is 101 cm³/mol. The topological polar surface area (TPSA) is 43.6 Å². The van der Waals surface area contributed by atoms with Crippen LogP contribution in [0.15, 0.2) is 67.0 Å². The molecule has 0 aliphatic heterocycles.